The van der Waals surface area contributed by atoms with Crippen LogP contribution < -0.4 is 0 Å². The van der Waals surface area contributed by atoms with Crippen LogP contribution in [0.5, 0.6) is 0 Å². The van der Waals surface area contributed by atoms with Gasteiger partial charge in [0.15, 0.2) is 8.32 Å². The van der Waals surface area contributed by atoms with E-state index in [0.29, 0.717) is 31.4 Å². The molecule has 0 amide bonds. The summed E-state index contributed by atoms with van der Waals surface area (Å²) in [5.41, 5.74) is 0.648. The number of aliphatic carboxylic acids is 1. The fourth-order valence-electron chi connectivity index (χ4n) is 2.14. The van der Waals surface area contributed by atoms with Crippen LogP contribution in [0.25, 0.3) is 0 Å². The lowest BCUT2D eigenvalue weighted by Gasteiger charge is -2.36. The molecule has 1 aromatic rings. The van der Waals surface area contributed by atoms with Crippen LogP contribution >= 0.6 is 11.6 Å². The Hall–Kier alpha value is -0.913. The van der Waals surface area contributed by atoms with E-state index in [1.807, 2.05) is 0 Å². The van der Waals surface area contributed by atoms with Gasteiger partial charge < -0.3 is 9.53 Å². The Kier molecular flexibility index (Phi) is 7.44. The van der Waals surface area contributed by atoms with Gasteiger partial charge in [-0.2, -0.15) is 0 Å². The first-order valence-corrected chi connectivity index (χ1v) is 11.5. The molecule has 1 rings (SSSR count). The zero-order valence-electron chi connectivity index (χ0n) is 15.2. The van der Waals surface area contributed by atoms with Gasteiger partial charge in [0.1, 0.15) is 5.82 Å². The highest BCUT2D eigenvalue weighted by Gasteiger charge is 2.36. The Morgan fingerprint density at radius 3 is 2.50 bits per heavy atom. The number of carboxylic acids is 1. The molecule has 6 heteroatoms. The van der Waals surface area contributed by atoms with Crippen molar-refractivity contribution < 1.29 is 18.7 Å². The number of benzene rings is 1. The largest absolute Gasteiger partial charge is 0.481 e. The molecular formula is C18H28ClFO3Si. The summed E-state index contributed by atoms with van der Waals surface area (Å²) >= 11 is 5.66. The van der Waals surface area contributed by atoms with Gasteiger partial charge in [-0.25, -0.2) is 4.39 Å². The second kappa shape index (κ2) is 8.45. The predicted octanol–water partition coefficient (Wildman–Crippen LogP) is 5.52. The first-order chi connectivity index (χ1) is 10.9. The van der Waals surface area contributed by atoms with Gasteiger partial charge in [0, 0.05) is 6.61 Å². The minimum absolute atomic E-state index is 0.0494. The van der Waals surface area contributed by atoms with Crippen molar-refractivity contribution in [2.24, 2.45) is 5.92 Å². The third-order valence-electron chi connectivity index (χ3n) is 4.78. The van der Waals surface area contributed by atoms with E-state index in [1.165, 1.54) is 12.1 Å². The zero-order chi connectivity index (χ0) is 18.5. The van der Waals surface area contributed by atoms with Crippen molar-refractivity contribution in [2.75, 3.05) is 6.61 Å². The summed E-state index contributed by atoms with van der Waals surface area (Å²) in [4.78, 5) is 11.5. The molecule has 1 atom stereocenters. The van der Waals surface area contributed by atoms with Crippen LogP contribution in [0.4, 0.5) is 4.39 Å². The van der Waals surface area contributed by atoms with Crippen molar-refractivity contribution in [3.05, 3.63) is 34.6 Å². The third kappa shape index (κ3) is 6.19. The molecule has 0 saturated heterocycles. The molecule has 0 heterocycles. The molecular weight excluding hydrogens is 347 g/mol. The van der Waals surface area contributed by atoms with E-state index in [2.05, 4.69) is 33.9 Å². The summed E-state index contributed by atoms with van der Waals surface area (Å²) in [7, 11) is -1.80. The van der Waals surface area contributed by atoms with Crippen molar-refractivity contribution in [2.45, 2.75) is 58.2 Å². The van der Waals surface area contributed by atoms with E-state index in [1.54, 1.807) is 6.07 Å². The van der Waals surface area contributed by atoms with Crippen molar-refractivity contribution in [3.63, 3.8) is 0 Å². The highest BCUT2D eigenvalue weighted by Crippen LogP contribution is 2.36. The number of carboxylic acid groups (broad SMARTS) is 1. The Bertz CT molecular complexity index is 570. The van der Waals surface area contributed by atoms with Gasteiger partial charge in [0.2, 0.25) is 0 Å². The van der Waals surface area contributed by atoms with Crippen molar-refractivity contribution in [1.82, 2.24) is 0 Å². The Morgan fingerprint density at radius 1 is 1.38 bits per heavy atom. The molecule has 0 fully saturated rings. The van der Waals surface area contributed by atoms with Gasteiger partial charge in [-0.15, -0.1) is 0 Å². The third-order valence-corrected chi connectivity index (χ3v) is 9.63. The van der Waals surface area contributed by atoms with Gasteiger partial charge in [-0.1, -0.05) is 38.4 Å². The van der Waals surface area contributed by atoms with Gasteiger partial charge in [-0.3, -0.25) is 4.79 Å². The molecule has 1 aromatic carbocycles. The van der Waals surface area contributed by atoms with Crippen LogP contribution in [0, 0.1) is 11.7 Å². The highest BCUT2D eigenvalue weighted by atomic mass is 35.5. The van der Waals surface area contributed by atoms with E-state index in [-0.39, 0.29) is 10.1 Å². The standard InChI is InChI=1S/C18H28ClFO3Si/c1-18(2,3)24(4,5)23-10-6-7-14(17(21)22)11-13-8-9-15(19)16(20)12-13/h8-9,12,14H,6-7,10-11H2,1-5H3,(H,21,22)/t14-/m0/s1. The number of halogens is 2. The SMILES string of the molecule is CC(C)(C)[Si](C)(C)OCCC[C@@H](Cc1ccc(Cl)c(F)c1)C(=O)O. The van der Waals surface area contributed by atoms with Crippen LogP contribution in [0.2, 0.25) is 23.2 Å². The monoisotopic (exact) mass is 374 g/mol. The molecule has 0 aliphatic rings. The maximum absolute atomic E-state index is 13.5. The molecule has 0 bridgehead atoms. The molecule has 0 radical (unpaired) electrons. The van der Waals surface area contributed by atoms with E-state index < -0.39 is 26.0 Å². The normalized spacial score (nSPS) is 13.8. The summed E-state index contributed by atoms with van der Waals surface area (Å²) in [6.07, 6.45) is 1.48. The molecule has 136 valence electrons. The van der Waals surface area contributed by atoms with E-state index in [9.17, 15) is 14.3 Å². The minimum Gasteiger partial charge on any atom is -0.481 e. The average Bonchev–Trinajstić information content (AvgIpc) is 2.44. The molecule has 24 heavy (non-hydrogen) atoms. The minimum atomic E-state index is -1.80. The number of hydrogen-bond acceptors (Lipinski definition) is 2. The highest BCUT2D eigenvalue weighted by molar-refractivity contribution is 6.74. The van der Waals surface area contributed by atoms with Crippen molar-refractivity contribution in [3.8, 4) is 0 Å². The zero-order valence-corrected chi connectivity index (χ0v) is 16.9. The lowest BCUT2D eigenvalue weighted by Crippen LogP contribution is -2.41. The molecule has 3 nitrogen and oxygen atoms in total. The lowest BCUT2D eigenvalue weighted by atomic mass is 9.95. The van der Waals surface area contributed by atoms with E-state index in [4.69, 9.17) is 16.0 Å². The van der Waals surface area contributed by atoms with Crippen LogP contribution in [-0.2, 0) is 15.6 Å². The summed E-state index contributed by atoms with van der Waals surface area (Å²) < 4.78 is 19.6. The second-order valence-corrected chi connectivity index (χ2v) is 13.0. The topological polar surface area (TPSA) is 46.5 Å². The quantitative estimate of drug-likeness (QED) is 0.481. The fourth-order valence-corrected chi connectivity index (χ4v) is 3.34. The molecule has 0 aliphatic carbocycles. The maximum Gasteiger partial charge on any atom is 0.306 e. The summed E-state index contributed by atoms with van der Waals surface area (Å²) in [6, 6.07) is 4.45. The average molecular weight is 375 g/mol. The molecule has 0 unspecified atom stereocenters. The molecule has 0 spiro atoms. The summed E-state index contributed by atoms with van der Waals surface area (Å²) in [5, 5.41) is 9.58. The predicted molar refractivity (Wildman–Crippen MR) is 98.6 cm³/mol. The van der Waals surface area contributed by atoms with Crippen molar-refractivity contribution in [1.29, 1.82) is 0 Å². The molecule has 1 N–H and O–H groups in total. The van der Waals surface area contributed by atoms with Crippen LogP contribution in [0.1, 0.15) is 39.2 Å². The lowest BCUT2D eigenvalue weighted by molar-refractivity contribution is -0.142. The van der Waals surface area contributed by atoms with E-state index >= 15 is 0 Å². The van der Waals surface area contributed by atoms with Crippen molar-refractivity contribution >= 4 is 25.9 Å². The Morgan fingerprint density at radius 2 is 2.00 bits per heavy atom. The Balaban J connectivity index is 2.55. The number of carbonyl (C=O) groups is 1. The molecule has 0 aliphatic heterocycles. The Labute approximate surface area is 150 Å². The van der Waals surface area contributed by atoms with Crippen LogP contribution in [0.3, 0.4) is 0 Å². The first kappa shape index (κ1) is 21.1. The molecule has 0 saturated carbocycles. The van der Waals surface area contributed by atoms with Crippen LogP contribution in [-0.4, -0.2) is 26.0 Å². The number of hydrogen-bond donors (Lipinski definition) is 1. The number of rotatable bonds is 8. The van der Waals surface area contributed by atoms with Gasteiger partial charge in [0.25, 0.3) is 0 Å². The first-order valence-electron chi connectivity index (χ1n) is 8.25. The van der Waals surface area contributed by atoms with Gasteiger partial charge in [0.05, 0.1) is 10.9 Å². The second-order valence-electron chi connectivity index (χ2n) is 7.74. The summed E-state index contributed by atoms with van der Waals surface area (Å²) in [5.74, 6) is -1.93. The van der Waals surface area contributed by atoms with Crippen LogP contribution in [0.15, 0.2) is 18.2 Å². The molecule has 0 aromatic heterocycles. The van der Waals surface area contributed by atoms with Gasteiger partial charge >= 0.3 is 5.97 Å². The van der Waals surface area contributed by atoms with Gasteiger partial charge in [-0.05, 0) is 55.1 Å². The van der Waals surface area contributed by atoms with E-state index in [0.717, 1.165) is 0 Å². The fraction of sp³-hybridized carbons (Fsp3) is 0.611. The maximum atomic E-state index is 13.5. The smallest absolute Gasteiger partial charge is 0.306 e. The summed E-state index contributed by atoms with van der Waals surface area (Å²) in [6.45, 7) is 11.4.